The third kappa shape index (κ3) is 7.59. The fourth-order valence-electron chi connectivity index (χ4n) is 8.18. The monoisotopic (exact) mass is 866 g/mol. The van der Waals surface area contributed by atoms with Gasteiger partial charge in [-0.2, -0.15) is 0 Å². The van der Waals surface area contributed by atoms with Crippen molar-refractivity contribution < 1.29 is 99.3 Å². The first-order chi connectivity index (χ1) is 29.6. The van der Waals surface area contributed by atoms with Crippen LogP contribution in [0.4, 0.5) is 0 Å². The van der Waals surface area contributed by atoms with Crippen LogP contribution in [-0.4, -0.2) is 147 Å². The van der Waals surface area contributed by atoms with Gasteiger partial charge in [0.2, 0.25) is 12.6 Å². The van der Waals surface area contributed by atoms with Gasteiger partial charge in [-0.05, 0) is 35.4 Å². The van der Waals surface area contributed by atoms with Crippen molar-refractivity contribution in [1.29, 1.82) is 0 Å². The maximum atomic E-state index is 15.0. The highest BCUT2D eigenvalue weighted by Gasteiger charge is 2.54. The van der Waals surface area contributed by atoms with E-state index in [-0.39, 0.29) is 45.6 Å². The third-order valence-corrected chi connectivity index (χ3v) is 11.4. The minimum atomic E-state index is -1.83. The number of benzene rings is 4. The van der Waals surface area contributed by atoms with Crippen molar-refractivity contribution in [3.05, 3.63) is 95.1 Å². The SMILES string of the molecule is O=C1c2c(O)cc(O[C@H]3O[C@@H](CO)[C@H](O)[C@@H](O)[C@@H]3O)cc2O[C@@H](c2ccc(O)cc2)[C@@H]1[C@@H]1C(=O)c2c(O)cc(O[C@H]3O[C@@H](CO)[C@H](O)[C@@H](O)[C@@H]3O)cc2O[C@H]1c1ccc(O)cc1. The van der Waals surface area contributed by atoms with Gasteiger partial charge < -0.3 is 89.7 Å². The molecule has 4 aromatic rings. The molecule has 0 bridgehead atoms. The number of carbonyl (C=O) groups is 2. The minimum Gasteiger partial charge on any atom is -0.508 e. The van der Waals surface area contributed by atoms with Crippen LogP contribution in [-0.2, 0) is 9.47 Å². The number of hydrogen-bond donors (Lipinski definition) is 12. The normalized spacial score (nSPS) is 33.1. The summed E-state index contributed by atoms with van der Waals surface area (Å²) in [7, 11) is 0. The van der Waals surface area contributed by atoms with Crippen LogP contribution >= 0.6 is 0 Å². The van der Waals surface area contributed by atoms with Crippen molar-refractivity contribution >= 4 is 11.6 Å². The zero-order chi connectivity index (χ0) is 44.3. The number of phenols is 4. The molecule has 2 saturated heterocycles. The quantitative estimate of drug-likeness (QED) is 0.100. The van der Waals surface area contributed by atoms with Crippen LogP contribution in [0.2, 0.25) is 0 Å². The van der Waals surface area contributed by atoms with Gasteiger partial charge in [0.05, 0.1) is 25.0 Å². The van der Waals surface area contributed by atoms with E-state index in [0.717, 1.165) is 12.1 Å². The van der Waals surface area contributed by atoms with E-state index in [1.54, 1.807) is 0 Å². The molecule has 330 valence electrons. The molecular formula is C42H42O20. The number of ether oxygens (including phenoxy) is 6. The molecular weight excluding hydrogens is 824 g/mol. The molecule has 20 nitrogen and oxygen atoms in total. The summed E-state index contributed by atoms with van der Waals surface area (Å²) in [6, 6.07) is 15.2. The fourth-order valence-corrected chi connectivity index (χ4v) is 8.18. The Morgan fingerprint density at radius 1 is 0.484 bits per heavy atom. The number of fused-ring (bicyclic) bond motifs is 2. The number of Topliss-reactive ketones (excluding diaryl/α,β-unsaturated/α-hetero) is 2. The number of carbonyl (C=O) groups excluding carboxylic acids is 2. The van der Waals surface area contributed by atoms with Crippen LogP contribution in [0.25, 0.3) is 0 Å². The van der Waals surface area contributed by atoms with Gasteiger partial charge in [0.15, 0.2) is 11.6 Å². The fraction of sp³-hybridized carbons (Fsp3) is 0.381. The lowest BCUT2D eigenvalue weighted by Crippen LogP contribution is -2.60. The summed E-state index contributed by atoms with van der Waals surface area (Å²) in [5.74, 6) is -7.62. The highest BCUT2D eigenvalue weighted by Crippen LogP contribution is 2.54. The maximum absolute atomic E-state index is 15.0. The first-order valence-electron chi connectivity index (χ1n) is 19.3. The molecule has 0 radical (unpaired) electrons. The zero-order valence-electron chi connectivity index (χ0n) is 32.1. The van der Waals surface area contributed by atoms with Gasteiger partial charge in [-0.1, -0.05) is 24.3 Å². The summed E-state index contributed by atoms with van der Waals surface area (Å²) >= 11 is 0. The van der Waals surface area contributed by atoms with Crippen molar-refractivity contribution in [2.45, 2.75) is 73.6 Å². The van der Waals surface area contributed by atoms with Gasteiger partial charge in [0.1, 0.15) is 118 Å². The van der Waals surface area contributed by atoms with Crippen LogP contribution in [0.3, 0.4) is 0 Å². The van der Waals surface area contributed by atoms with Crippen molar-refractivity contribution in [3.63, 3.8) is 0 Å². The molecule has 12 N–H and O–H groups in total. The van der Waals surface area contributed by atoms with Gasteiger partial charge in [0.25, 0.3) is 0 Å². The second kappa shape index (κ2) is 16.8. The summed E-state index contributed by atoms with van der Waals surface area (Å²) < 4.78 is 35.1. The second-order valence-corrected chi connectivity index (χ2v) is 15.3. The summed E-state index contributed by atoms with van der Waals surface area (Å²) in [6.07, 6.45) is -19.4. The molecule has 4 aliphatic heterocycles. The Hall–Kier alpha value is -5.78. The lowest BCUT2D eigenvalue weighted by Gasteiger charge is -2.42. The highest BCUT2D eigenvalue weighted by molar-refractivity contribution is 6.11. The molecule has 62 heavy (non-hydrogen) atoms. The molecule has 8 rings (SSSR count). The molecule has 2 fully saturated rings. The van der Waals surface area contributed by atoms with E-state index in [1.165, 1.54) is 60.7 Å². The Bertz CT molecular complexity index is 2140. The lowest BCUT2D eigenvalue weighted by molar-refractivity contribution is -0.277. The molecule has 0 aromatic heterocycles. The van der Waals surface area contributed by atoms with E-state index >= 15 is 0 Å². The Balaban J connectivity index is 1.20. The zero-order valence-corrected chi connectivity index (χ0v) is 32.1. The second-order valence-electron chi connectivity index (χ2n) is 15.3. The van der Waals surface area contributed by atoms with Crippen molar-refractivity contribution in [3.8, 4) is 46.0 Å². The largest absolute Gasteiger partial charge is 0.508 e. The van der Waals surface area contributed by atoms with Crippen LogP contribution in [0.5, 0.6) is 46.0 Å². The van der Waals surface area contributed by atoms with Gasteiger partial charge in [0, 0.05) is 24.3 Å². The molecule has 4 aromatic carbocycles. The van der Waals surface area contributed by atoms with Crippen molar-refractivity contribution in [2.24, 2.45) is 11.8 Å². The predicted octanol–water partition coefficient (Wildman–Crippen LogP) is -0.568. The highest BCUT2D eigenvalue weighted by atomic mass is 16.7. The molecule has 14 atom stereocenters. The van der Waals surface area contributed by atoms with E-state index in [4.69, 9.17) is 28.4 Å². The Morgan fingerprint density at radius 3 is 1.18 bits per heavy atom. The van der Waals surface area contributed by atoms with E-state index in [1.807, 2.05) is 0 Å². The molecule has 4 aliphatic rings. The number of hydrogen-bond acceptors (Lipinski definition) is 20. The molecule has 4 heterocycles. The Morgan fingerprint density at radius 2 is 0.839 bits per heavy atom. The van der Waals surface area contributed by atoms with Gasteiger partial charge >= 0.3 is 0 Å². The molecule has 20 heteroatoms. The average molecular weight is 867 g/mol. The average Bonchev–Trinajstić information content (AvgIpc) is 3.24. The first kappa shape index (κ1) is 42.9. The number of phenolic OH excluding ortho intramolecular Hbond substituents is 4. The van der Waals surface area contributed by atoms with Gasteiger partial charge in [-0.25, -0.2) is 0 Å². The minimum absolute atomic E-state index is 0.152. The van der Waals surface area contributed by atoms with E-state index in [2.05, 4.69) is 0 Å². The number of aliphatic hydroxyl groups excluding tert-OH is 8. The smallest absolute Gasteiger partial charge is 0.229 e. The van der Waals surface area contributed by atoms with E-state index in [0.29, 0.717) is 0 Å². The summed E-state index contributed by atoms with van der Waals surface area (Å²) in [4.78, 5) is 30.0. The number of aliphatic hydroxyl groups is 8. The lowest BCUT2D eigenvalue weighted by atomic mass is 9.69. The van der Waals surface area contributed by atoms with Gasteiger partial charge in [-0.3, -0.25) is 9.59 Å². The number of ketones is 2. The van der Waals surface area contributed by atoms with Crippen LogP contribution < -0.4 is 18.9 Å². The van der Waals surface area contributed by atoms with Crippen LogP contribution in [0.15, 0.2) is 72.8 Å². The Kier molecular flexibility index (Phi) is 11.6. The molecule has 0 amide bonds. The predicted molar refractivity (Wildman–Crippen MR) is 204 cm³/mol. The standard InChI is InChI=1S/C42H42O20/c43-13-25-31(49)35(53)37(55)41(61-25)57-19-9-21(47)27-23(11-19)59-39(15-1-5-17(45)6-2-15)29(33(27)51)30-34(52)28-22(48)10-20(58-42-38(56)36(54)32(50)26(14-44)62-42)12-24(28)60-40(30)16-3-7-18(46)8-4-16/h1-12,25-26,29-32,35-50,53-56H,13-14H2/t25-,26-,29+,30+,31-,32-,35+,36+,37-,38-,39-,40-,41-,42-/m0/s1. The van der Waals surface area contributed by atoms with Crippen molar-refractivity contribution in [2.75, 3.05) is 13.2 Å². The summed E-state index contributed by atoms with van der Waals surface area (Å²) in [5.41, 5.74) is -0.326. The number of aromatic hydroxyl groups is 4. The number of rotatable bonds is 9. The van der Waals surface area contributed by atoms with Gasteiger partial charge in [-0.15, -0.1) is 0 Å². The first-order valence-corrected chi connectivity index (χ1v) is 19.3. The maximum Gasteiger partial charge on any atom is 0.229 e. The molecule has 0 spiro atoms. The molecule has 0 aliphatic carbocycles. The summed E-state index contributed by atoms with van der Waals surface area (Å²) in [5, 5.41) is 125. The van der Waals surface area contributed by atoms with E-state index in [9.17, 15) is 70.9 Å². The van der Waals surface area contributed by atoms with Crippen LogP contribution in [0.1, 0.15) is 44.1 Å². The Labute approximate surface area is 350 Å². The summed E-state index contributed by atoms with van der Waals surface area (Å²) in [6.45, 7) is -1.50. The molecule has 0 saturated carbocycles. The topological polar surface area (TPSA) is 332 Å². The van der Waals surface area contributed by atoms with E-state index < -0.39 is 133 Å². The van der Waals surface area contributed by atoms with Crippen LogP contribution in [0, 0.1) is 11.8 Å². The third-order valence-electron chi connectivity index (χ3n) is 11.4. The molecule has 0 unspecified atom stereocenters. The van der Waals surface area contributed by atoms with Crippen molar-refractivity contribution in [1.82, 2.24) is 0 Å².